The van der Waals surface area contributed by atoms with Crippen molar-refractivity contribution in [1.29, 1.82) is 0 Å². The number of rotatable bonds is 5. The number of ether oxygens (including phenoxy) is 1. The van der Waals surface area contributed by atoms with Gasteiger partial charge in [0.15, 0.2) is 23.1 Å². The van der Waals surface area contributed by atoms with Crippen LogP contribution in [0.2, 0.25) is 0 Å². The zero-order valence-electron chi connectivity index (χ0n) is 13.0. The molecule has 2 aromatic carbocycles. The molecule has 0 aliphatic carbocycles. The SMILES string of the molecule is CC(O)COc1ccc(C(c2ccc(O)c(F)c2)C(F)(F)F)cc1F. The van der Waals surface area contributed by atoms with Crippen molar-refractivity contribution in [3.63, 3.8) is 0 Å². The molecule has 8 heteroatoms. The summed E-state index contributed by atoms with van der Waals surface area (Å²) in [4.78, 5) is 0. The van der Waals surface area contributed by atoms with Crippen LogP contribution in [0.4, 0.5) is 22.0 Å². The highest BCUT2D eigenvalue weighted by Crippen LogP contribution is 2.41. The van der Waals surface area contributed by atoms with Crippen LogP contribution < -0.4 is 4.74 Å². The lowest BCUT2D eigenvalue weighted by molar-refractivity contribution is -0.141. The summed E-state index contributed by atoms with van der Waals surface area (Å²) in [5.41, 5.74) is -0.917. The van der Waals surface area contributed by atoms with E-state index < -0.39 is 46.7 Å². The highest BCUT2D eigenvalue weighted by Gasteiger charge is 2.42. The second-order valence-corrected chi connectivity index (χ2v) is 5.54. The summed E-state index contributed by atoms with van der Waals surface area (Å²) in [6.45, 7) is 1.19. The molecule has 0 radical (unpaired) electrons. The van der Waals surface area contributed by atoms with E-state index in [0.29, 0.717) is 12.1 Å². The standard InChI is InChI=1S/C17H15F5O3/c1-9(23)8-25-15-5-3-11(7-13(15)19)16(17(20,21)22)10-2-4-14(24)12(18)6-10/h2-7,9,16,23-24H,8H2,1H3. The molecule has 2 N–H and O–H groups in total. The Bertz CT molecular complexity index is 744. The molecule has 2 rings (SSSR count). The minimum atomic E-state index is -4.81. The predicted octanol–water partition coefficient (Wildman–Crippen LogP) is 4.12. The van der Waals surface area contributed by atoms with E-state index in [1.54, 1.807) is 0 Å². The fraction of sp³-hybridized carbons (Fsp3) is 0.294. The first kappa shape index (κ1) is 19.0. The first-order chi connectivity index (χ1) is 11.6. The molecule has 0 saturated carbocycles. The van der Waals surface area contributed by atoms with Crippen molar-refractivity contribution in [3.8, 4) is 11.5 Å². The van der Waals surface area contributed by atoms with Gasteiger partial charge < -0.3 is 14.9 Å². The lowest BCUT2D eigenvalue weighted by Gasteiger charge is -2.22. The van der Waals surface area contributed by atoms with Crippen molar-refractivity contribution in [3.05, 3.63) is 59.2 Å². The first-order valence-electron chi connectivity index (χ1n) is 7.25. The zero-order chi connectivity index (χ0) is 18.8. The molecular formula is C17H15F5O3. The third kappa shape index (κ3) is 4.60. The molecule has 0 amide bonds. The number of phenols is 1. The van der Waals surface area contributed by atoms with Gasteiger partial charge in [0.1, 0.15) is 12.5 Å². The van der Waals surface area contributed by atoms with E-state index in [-0.39, 0.29) is 12.4 Å². The lowest BCUT2D eigenvalue weighted by atomic mass is 9.90. The second-order valence-electron chi connectivity index (χ2n) is 5.54. The summed E-state index contributed by atoms with van der Waals surface area (Å²) in [6, 6.07) is 4.97. The summed E-state index contributed by atoms with van der Waals surface area (Å²) >= 11 is 0. The molecule has 0 bridgehead atoms. The third-order valence-corrected chi connectivity index (χ3v) is 3.40. The Morgan fingerprint density at radius 1 is 1.00 bits per heavy atom. The fourth-order valence-corrected chi connectivity index (χ4v) is 2.30. The highest BCUT2D eigenvalue weighted by atomic mass is 19.4. The summed E-state index contributed by atoms with van der Waals surface area (Å²) in [5, 5.41) is 18.2. The van der Waals surface area contributed by atoms with E-state index in [9.17, 15) is 22.0 Å². The first-order valence-corrected chi connectivity index (χ1v) is 7.25. The van der Waals surface area contributed by atoms with Crippen molar-refractivity contribution >= 4 is 0 Å². The molecule has 2 atom stereocenters. The summed E-state index contributed by atoms with van der Waals surface area (Å²) in [5.74, 6) is -5.60. The minimum Gasteiger partial charge on any atom is -0.505 e. The van der Waals surface area contributed by atoms with Crippen LogP contribution in [0.15, 0.2) is 36.4 Å². The third-order valence-electron chi connectivity index (χ3n) is 3.40. The fourth-order valence-electron chi connectivity index (χ4n) is 2.30. The molecular weight excluding hydrogens is 347 g/mol. The summed E-state index contributed by atoms with van der Waals surface area (Å²) in [7, 11) is 0. The Morgan fingerprint density at radius 2 is 1.56 bits per heavy atom. The van der Waals surface area contributed by atoms with E-state index in [2.05, 4.69) is 0 Å². The number of aromatic hydroxyl groups is 1. The van der Waals surface area contributed by atoms with Crippen LogP contribution in [-0.2, 0) is 0 Å². The maximum atomic E-state index is 14.0. The van der Waals surface area contributed by atoms with Crippen LogP contribution in [0, 0.1) is 11.6 Å². The van der Waals surface area contributed by atoms with E-state index in [0.717, 1.165) is 24.3 Å². The molecule has 2 aromatic rings. The van der Waals surface area contributed by atoms with Gasteiger partial charge in [-0.3, -0.25) is 0 Å². The topological polar surface area (TPSA) is 49.7 Å². The zero-order valence-corrected chi connectivity index (χ0v) is 13.0. The van der Waals surface area contributed by atoms with Gasteiger partial charge in [-0.1, -0.05) is 12.1 Å². The smallest absolute Gasteiger partial charge is 0.399 e. The normalized spacial score (nSPS) is 14.2. The van der Waals surface area contributed by atoms with Gasteiger partial charge in [0.2, 0.25) is 0 Å². The average Bonchev–Trinajstić information content (AvgIpc) is 2.48. The molecule has 0 spiro atoms. The Labute approximate surface area is 140 Å². The van der Waals surface area contributed by atoms with Gasteiger partial charge in [-0.25, -0.2) is 8.78 Å². The molecule has 136 valence electrons. The van der Waals surface area contributed by atoms with E-state index in [1.165, 1.54) is 6.92 Å². The number of hydrogen-bond donors (Lipinski definition) is 2. The van der Waals surface area contributed by atoms with Crippen LogP contribution in [0.1, 0.15) is 24.0 Å². The van der Waals surface area contributed by atoms with E-state index >= 15 is 0 Å². The second kappa shape index (κ2) is 7.26. The highest BCUT2D eigenvalue weighted by molar-refractivity contribution is 5.40. The number of benzene rings is 2. The van der Waals surface area contributed by atoms with Gasteiger partial charge in [0.05, 0.1) is 6.10 Å². The van der Waals surface area contributed by atoms with Crippen molar-refractivity contribution in [2.24, 2.45) is 0 Å². The minimum absolute atomic E-state index is 0.220. The van der Waals surface area contributed by atoms with Crippen molar-refractivity contribution in [2.45, 2.75) is 25.1 Å². The van der Waals surface area contributed by atoms with Gasteiger partial charge >= 0.3 is 6.18 Å². The van der Waals surface area contributed by atoms with Gasteiger partial charge in [-0.2, -0.15) is 13.2 Å². The maximum Gasteiger partial charge on any atom is 0.399 e. The molecule has 0 saturated heterocycles. The van der Waals surface area contributed by atoms with Crippen molar-refractivity contribution in [2.75, 3.05) is 6.61 Å². The van der Waals surface area contributed by atoms with Crippen LogP contribution >= 0.6 is 0 Å². The molecule has 2 unspecified atom stereocenters. The monoisotopic (exact) mass is 362 g/mol. The number of hydrogen-bond acceptors (Lipinski definition) is 3. The predicted molar refractivity (Wildman–Crippen MR) is 79.5 cm³/mol. The lowest BCUT2D eigenvalue weighted by Crippen LogP contribution is -2.22. The van der Waals surface area contributed by atoms with Crippen LogP contribution in [0.5, 0.6) is 11.5 Å². The van der Waals surface area contributed by atoms with Gasteiger partial charge in [0, 0.05) is 0 Å². The van der Waals surface area contributed by atoms with Crippen LogP contribution in [0.25, 0.3) is 0 Å². The largest absolute Gasteiger partial charge is 0.505 e. The Balaban J connectivity index is 2.42. The molecule has 0 aliphatic heterocycles. The number of aliphatic hydroxyl groups is 1. The Morgan fingerprint density at radius 3 is 2.04 bits per heavy atom. The number of phenolic OH excluding ortho intramolecular Hbond substituents is 1. The average molecular weight is 362 g/mol. The van der Waals surface area contributed by atoms with E-state index in [1.807, 2.05) is 0 Å². The van der Waals surface area contributed by atoms with Crippen molar-refractivity contribution < 1.29 is 36.9 Å². The number of aliphatic hydroxyl groups excluding tert-OH is 1. The number of halogens is 5. The van der Waals surface area contributed by atoms with Gasteiger partial charge in [-0.05, 0) is 42.3 Å². The van der Waals surface area contributed by atoms with Crippen LogP contribution in [-0.4, -0.2) is 29.1 Å². The van der Waals surface area contributed by atoms with Crippen molar-refractivity contribution in [1.82, 2.24) is 0 Å². The molecule has 0 aromatic heterocycles. The number of alkyl halides is 3. The quantitative estimate of drug-likeness (QED) is 0.787. The maximum absolute atomic E-state index is 14.0. The summed E-state index contributed by atoms with van der Waals surface area (Å²) < 4.78 is 72.7. The van der Waals surface area contributed by atoms with Gasteiger partial charge in [-0.15, -0.1) is 0 Å². The molecule has 0 heterocycles. The van der Waals surface area contributed by atoms with Gasteiger partial charge in [0.25, 0.3) is 0 Å². The molecule has 0 fully saturated rings. The molecule has 3 nitrogen and oxygen atoms in total. The molecule has 25 heavy (non-hydrogen) atoms. The Kier molecular flexibility index (Phi) is 5.52. The Hall–Kier alpha value is -2.35. The summed E-state index contributed by atoms with van der Waals surface area (Å²) in [6.07, 6.45) is -5.68. The molecule has 0 aliphatic rings. The van der Waals surface area contributed by atoms with Crippen LogP contribution in [0.3, 0.4) is 0 Å². The van der Waals surface area contributed by atoms with E-state index in [4.69, 9.17) is 14.9 Å².